The van der Waals surface area contributed by atoms with Gasteiger partial charge in [0, 0.05) is 0 Å². The number of rotatable bonds is 9. The van der Waals surface area contributed by atoms with Crippen LogP contribution in [0.5, 0.6) is 5.75 Å². The summed E-state index contributed by atoms with van der Waals surface area (Å²) in [5.74, 6) is -2.63. The molecular weight excluding hydrogens is 489 g/mol. The molecule has 4 aromatic rings. The Balaban J connectivity index is 1.69. The number of aryl methyl sites for hydroxylation is 1. The second-order valence-corrected chi connectivity index (χ2v) is 8.12. The lowest BCUT2D eigenvalue weighted by Crippen LogP contribution is -2.51. The number of para-hydroxylation sites is 1. The summed E-state index contributed by atoms with van der Waals surface area (Å²) in [6.07, 6.45) is -5.23. The molecule has 3 aromatic carbocycles. The first kappa shape index (κ1) is 25.8. The predicted molar refractivity (Wildman–Crippen MR) is 127 cm³/mol. The van der Waals surface area contributed by atoms with E-state index in [2.05, 4.69) is 10.3 Å². The lowest BCUT2D eigenvalue weighted by Gasteiger charge is -2.30. The molecule has 0 N–H and O–H groups in total. The number of carbonyl (C=O) groups excluding carboxylic acids is 2. The highest BCUT2D eigenvalue weighted by molar-refractivity contribution is 5.94. The van der Waals surface area contributed by atoms with Gasteiger partial charge in [-0.25, -0.2) is 5.06 Å². The van der Waals surface area contributed by atoms with Crippen molar-refractivity contribution in [2.75, 3.05) is 7.11 Å². The Hall–Kier alpha value is -4.25. The predicted octanol–water partition coefficient (Wildman–Crippen LogP) is 4.60. The summed E-state index contributed by atoms with van der Waals surface area (Å²) in [5, 5.41) is 7.87. The molecule has 0 bridgehead atoms. The zero-order valence-corrected chi connectivity index (χ0v) is 19.8. The van der Waals surface area contributed by atoms with E-state index in [1.54, 1.807) is 78.9 Å². The van der Waals surface area contributed by atoms with Gasteiger partial charge in [0.05, 0.1) is 12.6 Å². The summed E-state index contributed by atoms with van der Waals surface area (Å²) in [5.41, 5.74) is 1.93. The smallest absolute Gasteiger partial charge is 0.473 e. The van der Waals surface area contributed by atoms with E-state index >= 15 is 0 Å². The van der Waals surface area contributed by atoms with Crippen molar-refractivity contribution in [1.82, 2.24) is 20.1 Å². The quantitative estimate of drug-likeness (QED) is 0.305. The van der Waals surface area contributed by atoms with Gasteiger partial charge >= 0.3 is 12.1 Å². The highest BCUT2D eigenvalue weighted by atomic mass is 19.4. The van der Waals surface area contributed by atoms with E-state index in [0.717, 1.165) is 10.2 Å². The Morgan fingerprint density at radius 1 is 0.946 bits per heavy atom. The van der Waals surface area contributed by atoms with Crippen LogP contribution in [-0.2, 0) is 22.7 Å². The maximum absolute atomic E-state index is 13.7. The minimum absolute atomic E-state index is 0.117. The third kappa shape index (κ3) is 6.12. The van der Waals surface area contributed by atoms with E-state index in [1.165, 1.54) is 7.11 Å². The maximum atomic E-state index is 13.7. The zero-order chi connectivity index (χ0) is 26.4. The van der Waals surface area contributed by atoms with Gasteiger partial charge in [-0.2, -0.15) is 17.9 Å². The van der Waals surface area contributed by atoms with Crippen molar-refractivity contribution in [2.45, 2.75) is 31.7 Å². The Bertz CT molecular complexity index is 1360. The molecule has 1 unspecified atom stereocenters. The molecule has 1 amide bonds. The summed E-state index contributed by atoms with van der Waals surface area (Å²) < 4.78 is 47.0. The molecule has 8 nitrogen and oxygen atoms in total. The Kier molecular flexibility index (Phi) is 7.83. The number of fused-ring (bicyclic) bond motifs is 1. The fourth-order valence-electron chi connectivity index (χ4n) is 3.74. The van der Waals surface area contributed by atoms with Gasteiger partial charge in [-0.05, 0) is 48.2 Å². The fraction of sp³-hybridized carbons (Fsp3) is 0.231. The molecule has 0 spiro atoms. The van der Waals surface area contributed by atoms with Crippen LogP contribution in [0, 0.1) is 0 Å². The highest BCUT2D eigenvalue weighted by Crippen LogP contribution is 2.25. The maximum Gasteiger partial charge on any atom is 0.473 e. The van der Waals surface area contributed by atoms with Crippen LogP contribution in [0.15, 0.2) is 78.9 Å². The van der Waals surface area contributed by atoms with E-state index in [9.17, 15) is 22.8 Å². The number of hydroxylamine groups is 2. The van der Waals surface area contributed by atoms with Crippen LogP contribution in [0.1, 0.15) is 22.3 Å². The average Bonchev–Trinajstić information content (AvgIpc) is 3.34. The third-order valence-electron chi connectivity index (χ3n) is 5.65. The summed E-state index contributed by atoms with van der Waals surface area (Å²) in [4.78, 5) is 31.6. The summed E-state index contributed by atoms with van der Waals surface area (Å²) >= 11 is 0. The largest absolute Gasteiger partial charge is 0.497 e. The second-order valence-electron chi connectivity index (χ2n) is 8.12. The fourth-order valence-corrected chi connectivity index (χ4v) is 3.74. The summed E-state index contributed by atoms with van der Waals surface area (Å²) in [6.45, 7) is -0.390. The standard InChI is InChI=1S/C26H23F3N4O4/c1-36-20-14-11-19(12-15-20)17-37-33(25(35)26(27,28)29)23(16-13-18-7-3-2-4-8-18)24(34)32-22-10-6-5-9-21(22)30-31-32/h2-12,14-15,23H,13,16-17H2,1H3. The van der Waals surface area contributed by atoms with Crippen LogP contribution in [0.3, 0.4) is 0 Å². The van der Waals surface area contributed by atoms with Gasteiger partial charge in [0.1, 0.15) is 23.9 Å². The molecule has 1 heterocycles. The van der Waals surface area contributed by atoms with Crippen LogP contribution in [-0.4, -0.2) is 51.2 Å². The Morgan fingerprint density at radius 2 is 1.62 bits per heavy atom. The summed E-state index contributed by atoms with van der Waals surface area (Å²) in [6, 6.07) is 20.2. The van der Waals surface area contributed by atoms with E-state index in [-0.39, 0.29) is 24.5 Å². The van der Waals surface area contributed by atoms with Crippen LogP contribution in [0.25, 0.3) is 11.0 Å². The normalized spacial score (nSPS) is 12.3. The van der Waals surface area contributed by atoms with E-state index in [1.807, 2.05) is 0 Å². The number of halogens is 3. The van der Waals surface area contributed by atoms with Crippen molar-refractivity contribution in [2.24, 2.45) is 0 Å². The number of hydrogen-bond acceptors (Lipinski definition) is 6. The first-order valence-corrected chi connectivity index (χ1v) is 11.3. The van der Waals surface area contributed by atoms with Crippen molar-refractivity contribution in [1.29, 1.82) is 0 Å². The number of nitrogens with zero attached hydrogens (tertiary/aromatic N) is 4. The first-order valence-electron chi connectivity index (χ1n) is 11.3. The first-order chi connectivity index (χ1) is 17.8. The molecule has 192 valence electrons. The molecule has 0 saturated carbocycles. The second kappa shape index (κ2) is 11.2. The number of carbonyl (C=O) groups is 2. The Labute approximate surface area is 210 Å². The van der Waals surface area contributed by atoms with Crippen molar-refractivity contribution in [3.8, 4) is 5.75 Å². The molecule has 1 aromatic heterocycles. The van der Waals surface area contributed by atoms with E-state index < -0.39 is 24.0 Å². The van der Waals surface area contributed by atoms with Crippen molar-refractivity contribution in [3.63, 3.8) is 0 Å². The lowest BCUT2D eigenvalue weighted by atomic mass is 10.0. The lowest BCUT2D eigenvalue weighted by molar-refractivity contribution is -0.240. The highest BCUT2D eigenvalue weighted by Gasteiger charge is 2.48. The molecular formula is C26H23F3N4O4. The number of alkyl halides is 3. The number of methoxy groups -OCH3 is 1. The molecule has 0 saturated heterocycles. The molecule has 0 fully saturated rings. The number of ether oxygens (including phenoxy) is 1. The van der Waals surface area contributed by atoms with Crippen molar-refractivity contribution < 1.29 is 32.3 Å². The SMILES string of the molecule is COc1ccc(CON(C(=O)C(F)(F)F)C(CCc2ccccc2)C(=O)n2nnc3ccccc32)cc1. The minimum Gasteiger partial charge on any atom is -0.497 e. The van der Waals surface area contributed by atoms with Crippen LogP contribution in [0.4, 0.5) is 13.2 Å². The van der Waals surface area contributed by atoms with E-state index in [0.29, 0.717) is 22.3 Å². The van der Waals surface area contributed by atoms with Crippen LogP contribution < -0.4 is 4.74 Å². The van der Waals surface area contributed by atoms with Crippen molar-refractivity contribution in [3.05, 3.63) is 90.0 Å². The van der Waals surface area contributed by atoms with Crippen LogP contribution >= 0.6 is 0 Å². The molecule has 0 aliphatic heterocycles. The number of amides is 1. The molecule has 0 aliphatic carbocycles. The number of aromatic nitrogens is 3. The van der Waals surface area contributed by atoms with Gasteiger partial charge < -0.3 is 4.74 Å². The molecule has 4 rings (SSSR count). The molecule has 37 heavy (non-hydrogen) atoms. The number of hydrogen-bond donors (Lipinski definition) is 0. The van der Waals surface area contributed by atoms with Gasteiger partial charge in [0.2, 0.25) is 0 Å². The topological polar surface area (TPSA) is 86.5 Å². The Morgan fingerprint density at radius 3 is 2.30 bits per heavy atom. The monoisotopic (exact) mass is 512 g/mol. The minimum atomic E-state index is -5.28. The van der Waals surface area contributed by atoms with Gasteiger partial charge in [-0.15, -0.1) is 5.10 Å². The van der Waals surface area contributed by atoms with Gasteiger partial charge in [-0.3, -0.25) is 14.4 Å². The number of benzene rings is 3. The van der Waals surface area contributed by atoms with Gasteiger partial charge in [0.15, 0.2) is 0 Å². The molecule has 0 radical (unpaired) electrons. The molecule has 1 atom stereocenters. The molecule has 0 aliphatic rings. The van der Waals surface area contributed by atoms with Gasteiger partial charge in [0.25, 0.3) is 5.91 Å². The van der Waals surface area contributed by atoms with Gasteiger partial charge in [-0.1, -0.05) is 59.8 Å². The zero-order valence-electron chi connectivity index (χ0n) is 19.8. The average molecular weight is 512 g/mol. The molecule has 11 heteroatoms. The van der Waals surface area contributed by atoms with Crippen LogP contribution in [0.2, 0.25) is 0 Å². The van der Waals surface area contributed by atoms with Crippen molar-refractivity contribution >= 4 is 22.8 Å². The summed E-state index contributed by atoms with van der Waals surface area (Å²) in [7, 11) is 1.48. The van der Waals surface area contributed by atoms with E-state index in [4.69, 9.17) is 9.57 Å². The third-order valence-corrected chi connectivity index (χ3v) is 5.65.